The molecule has 8 nitrogen and oxygen atoms in total. The van der Waals surface area contributed by atoms with Crippen molar-refractivity contribution in [1.82, 2.24) is 9.78 Å². The van der Waals surface area contributed by atoms with Gasteiger partial charge in [-0.15, -0.1) is 0 Å². The van der Waals surface area contributed by atoms with Gasteiger partial charge in [0.1, 0.15) is 17.1 Å². The monoisotopic (exact) mass is 289 g/mol. The largest absolute Gasteiger partial charge is 0.438 e. The average Bonchev–Trinajstić information content (AvgIpc) is 2.66. The van der Waals surface area contributed by atoms with Gasteiger partial charge in [-0.25, -0.2) is 4.68 Å². The van der Waals surface area contributed by atoms with Crippen LogP contribution in [-0.2, 0) is 7.05 Å². The quantitative estimate of drug-likeness (QED) is 0.386. The van der Waals surface area contributed by atoms with E-state index in [1.54, 1.807) is 27.0 Å². The van der Waals surface area contributed by atoms with Gasteiger partial charge in [0.15, 0.2) is 0 Å². The summed E-state index contributed by atoms with van der Waals surface area (Å²) in [6.45, 7) is 3.31. The van der Waals surface area contributed by atoms with Crippen molar-refractivity contribution in [3.8, 4) is 11.6 Å². The molecule has 0 saturated heterocycles. The first-order chi connectivity index (χ1) is 9.82. The summed E-state index contributed by atoms with van der Waals surface area (Å²) in [6, 6.07) is 4.56. The van der Waals surface area contributed by atoms with Crippen LogP contribution in [-0.4, -0.2) is 20.5 Å². The highest BCUT2D eigenvalue weighted by molar-refractivity contribution is 5.98. The number of hydrogen-bond acceptors (Lipinski definition) is 5. The van der Waals surface area contributed by atoms with Crippen LogP contribution in [0.4, 0.5) is 5.69 Å². The fourth-order valence-electron chi connectivity index (χ4n) is 2.08. The third-order valence-corrected chi connectivity index (χ3v) is 3.10. The van der Waals surface area contributed by atoms with E-state index in [1.807, 2.05) is 0 Å². The number of rotatable bonds is 4. The standard InChI is InChI=1S/C13H15N5O3/c1-7-9(18(19)20)5-4-6-10(7)21-13-11(12(14)15)8(2)16-17(13)3/h4-6H,1-3H3,(H3,14,15). The molecule has 0 bridgehead atoms. The molecule has 3 N–H and O–H groups in total. The Labute approximate surface area is 120 Å². The molecule has 21 heavy (non-hydrogen) atoms. The summed E-state index contributed by atoms with van der Waals surface area (Å²) in [7, 11) is 1.65. The van der Waals surface area contributed by atoms with Crippen LogP contribution in [0, 0.1) is 29.4 Å². The highest BCUT2D eigenvalue weighted by atomic mass is 16.6. The lowest BCUT2D eigenvalue weighted by molar-refractivity contribution is -0.385. The van der Waals surface area contributed by atoms with Crippen molar-refractivity contribution in [2.24, 2.45) is 12.8 Å². The van der Waals surface area contributed by atoms with E-state index in [9.17, 15) is 10.1 Å². The highest BCUT2D eigenvalue weighted by Gasteiger charge is 2.21. The van der Waals surface area contributed by atoms with Crippen LogP contribution >= 0.6 is 0 Å². The lowest BCUT2D eigenvalue weighted by Crippen LogP contribution is -2.13. The smallest absolute Gasteiger partial charge is 0.276 e. The summed E-state index contributed by atoms with van der Waals surface area (Å²) >= 11 is 0. The molecule has 0 saturated carbocycles. The number of aryl methyl sites for hydroxylation is 2. The molecule has 0 aliphatic carbocycles. The molecule has 0 spiro atoms. The predicted molar refractivity (Wildman–Crippen MR) is 76.9 cm³/mol. The van der Waals surface area contributed by atoms with E-state index in [2.05, 4.69) is 5.10 Å². The van der Waals surface area contributed by atoms with E-state index in [1.165, 1.54) is 16.8 Å². The average molecular weight is 289 g/mol. The molecule has 0 aliphatic heterocycles. The highest BCUT2D eigenvalue weighted by Crippen LogP contribution is 2.32. The van der Waals surface area contributed by atoms with E-state index in [4.69, 9.17) is 15.9 Å². The van der Waals surface area contributed by atoms with Crippen molar-refractivity contribution in [2.45, 2.75) is 13.8 Å². The zero-order chi connectivity index (χ0) is 15.7. The Morgan fingerprint density at radius 2 is 2.14 bits per heavy atom. The lowest BCUT2D eigenvalue weighted by Gasteiger charge is -2.10. The van der Waals surface area contributed by atoms with E-state index >= 15 is 0 Å². The number of nitro benzene ring substituents is 1. The van der Waals surface area contributed by atoms with Crippen LogP contribution in [0.2, 0.25) is 0 Å². The molecule has 2 aromatic rings. The Morgan fingerprint density at radius 3 is 2.71 bits per heavy atom. The van der Waals surface area contributed by atoms with E-state index in [0.717, 1.165) is 0 Å². The number of nitro groups is 1. The molecule has 1 aromatic heterocycles. The van der Waals surface area contributed by atoms with Gasteiger partial charge < -0.3 is 10.5 Å². The molecule has 0 fully saturated rings. The fraction of sp³-hybridized carbons (Fsp3) is 0.231. The Morgan fingerprint density at radius 1 is 1.48 bits per heavy atom. The van der Waals surface area contributed by atoms with Crippen LogP contribution in [0.25, 0.3) is 0 Å². The number of nitrogens with zero attached hydrogens (tertiary/aromatic N) is 3. The molecule has 2 rings (SSSR count). The van der Waals surface area contributed by atoms with Gasteiger partial charge in [-0.05, 0) is 19.9 Å². The third kappa shape index (κ3) is 2.55. The Balaban J connectivity index is 2.51. The summed E-state index contributed by atoms with van der Waals surface area (Å²) < 4.78 is 7.17. The molecule has 0 atom stereocenters. The van der Waals surface area contributed by atoms with Crippen molar-refractivity contribution in [1.29, 1.82) is 5.41 Å². The SMILES string of the molecule is Cc1nn(C)c(Oc2cccc([N+](=O)[O-])c2C)c1C(=N)N. The zero-order valence-corrected chi connectivity index (χ0v) is 11.9. The minimum atomic E-state index is -0.470. The van der Waals surface area contributed by atoms with E-state index in [0.29, 0.717) is 22.6 Å². The number of benzene rings is 1. The van der Waals surface area contributed by atoms with Crippen LogP contribution in [0.1, 0.15) is 16.8 Å². The molecule has 1 heterocycles. The van der Waals surface area contributed by atoms with Crippen molar-refractivity contribution in [3.63, 3.8) is 0 Å². The molecule has 0 amide bonds. The van der Waals surface area contributed by atoms with Gasteiger partial charge >= 0.3 is 0 Å². The number of ether oxygens (including phenoxy) is 1. The van der Waals surface area contributed by atoms with Gasteiger partial charge in [-0.1, -0.05) is 6.07 Å². The van der Waals surface area contributed by atoms with Crippen molar-refractivity contribution >= 4 is 11.5 Å². The van der Waals surface area contributed by atoms with Gasteiger partial charge in [0.25, 0.3) is 5.69 Å². The lowest BCUT2D eigenvalue weighted by atomic mass is 10.2. The topological polar surface area (TPSA) is 120 Å². The molecular weight excluding hydrogens is 274 g/mol. The number of hydrogen-bond donors (Lipinski definition) is 2. The fourth-order valence-corrected chi connectivity index (χ4v) is 2.08. The second-order valence-corrected chi connectivity index (χ2v) is 4.56. The van der Waals surface area contributed by atoms with Gasteiger partial charge in [-0.2, -0.15) is 5.10 Å². The number of amidine groups is 1. The first kappa shape index (κ1) is 14.5. The van der Waals surface area contributed by atoms with Crippen LogP contribution in [0.15, 0.2) is 18.2 Å². The van der Waals surface area contributed by atoms with E-state index in [-0.39, 0.29) is 17.4 Å². The maximum absolute atomic E-state index is 11.0. The second kappa shape index (κ2) is 5.23. The Kier molecular flexibility index (Phi) is 3.62. The predicted octanol–water partition coefficient (Wildman–Crippen LogP) is 2.02. The summed E-state index contributed by atoms with van der Waals surface area (Å²) in [4.78, 5) is 10.5. The molecule has 1 aromatic carbocycles. The Hall–Kier alpha value is -2.90. The minimum absolute atomic E-state index is 0.0317. The third-order valence-electron chi connectivity index (χ3n) is 3.10. The van der Waals surface area contributed by atoms with Gasteiger partial charge in [0.05, 0.1) is 16.2 Å². The molecule has 110 valence electrons. The van der Waals surface area contributed by atoms with Gasteiger partial charge in [0, 0.05) is 13.1 Å². The summed E-state index contributed by atoms with van der Waals surface area (Å²) in [5, 5.41) is 22.7. The molecule has 0 radical (unpaired) electrons. The van der Waals surface area contributed by atoms with Crippen LogP contribution in [0.3, 0.4) is 0 Å². The first-order valence-electron chi connectivity index (χ1n) is 6.12. The summed E-state index contributed by atoms with van der Waals surface area (Å²) in [6.07, 6.45) is 0. The normalized spacial score (nSPS) is 10.4. The maximum Gasteiger partial charge on any atom is 0.276 e. The number of aromatic nitrogens is 2. The summed E-state index contributed by atoms with van der Waals surface area (Å²) in [5.74, 6) is 0.442. The summed E-state index contributed by atoms with van der Waals surface area (Å²) in [5.41, 5.74) is 6.84. The van der Waals surface area contributed by atoms with E-state index < -0.39 is 4.92 Å². The van der Waals surface area contributed by atoms with Gasteiger partial charge in [0.2, 0.25) is 5.88 Å². The number of nitrogens with two attached hydrogens (primary N) is 1. The van der Waals surface area contributed by atoms with Crippen molar-refractivity contribution < 1.29 is 9.66 Å². The molecular formula is C13H15N5O3. The number of nitrogen functional groups attached to an aromatic ring is 1. The van der Waals surface area contributed by atoms with Crippen molar-refractivity contribution in [3.05, 3.63) is 45.1 Å². The molecule has 8 heteroatoms. The first-order valence-corrected chi connectivity index (χ1v) is 6.12. The van der Waals surface area contributed by atoms with Gasteiger partial charge in [-0.3, -0.25) is 15.5 Å². The Bertz CT molecular complexity index is 736. The molecule has 0 unspecified atom stereocenters. The number of nitrogens with one attached hydrogen (secondary N) is 1. The van der Waals surface area contributed by atoms with Crippen LogP contribution < -0.4 is 10.5 Å². The van der Waals surface area contributed by atoms with Crippen LogP contribution in [0.5, 0.6) is 11.6 Å². The second-order valence-electron chi connectivity index (χ2n) is 4.56. The maximum atomic E-state index is 11.0. The molecule has 0 aliphatic rings. The minimum Gasteiger partial charge on any atom is -0.438 e. The zero-order valence-electron chi connectivity index (χ0n) is 11.9. The van der Waals surface area contributed by atoms with Crippen molar-refractivity contribution in [2.75, 3.05) is 0 Å².